The Bertz CT molecular complexity index is 468. The third-order valence-electron chi connectivity index (χ3n) is 1.56. The highest BCUT2D eigenvalue weighted by atomic mass is 35.5. The molecule has 6 heteroatoms. The van der Waals surface area contributed by atoms with Crippen LogP contribution in [0.3, 0.4) is 0 Å². The van der Waals surface area contributed by atoms with E-state index in [0.29, 0.717) is 23.1 Å². The summed E-state index contributed by atoms with van der Waals surface area (Å²) < 4.78 is 1.52. The Kier molecular flexibility index (Phi) is 2.24. The van der Waals surface area contributed by atoms with Crippen molar-refractivity contribution >= 4 is 17.9 Å². The zero-order valence-electron chi connectivity index (χ0n) is 6.96. The van der Waals surface area contributed by atoms with Crippen LogP contribution in [0.25, 0.3) is 5.95 Å². The number of aromatic nitrogens is 4. The SMILES string of the molecule is O=Cc1cn(-c2nccc(Cl)n2)cn1. The monoisotopic (exact) mass is 208 g/mol. The molecule has 0 N–H and O–H groups in total. The van der Waals surface area contributed by atoms with Crippen LogP contribution in [-0.2, 0) is 0 Å². The first kappa shape index (κ1) is 8.83. The summed E-state index contributed by atoms with van der Waals surface area (Å²) in [6, 6.07) is 1.57. The summed E-state index contributed by atoms with van der Waals surface area (Å²) in [6.07, 6.45) is 5.17. The van der Waals surface area contributed by atoms with Gasteiger partial charge in [0.1, 0.15) is 17.2 Å². The number of carbonyl (C=O) groups excluding carboxylic acids is 1. The fourth-order valence-corrected chi connectivity index (χ4v) is 1.09. The van der Waals surface area contributed by atoms with Gasteiger partial charge in [0.15, 0.2) is 6.29 Å². The predicted molar refractivity (Wildman–Crippen MR) is 49.6 cm³/mol. The maximum Gasteiger partial charge on any atom is 0.236 e. The topological polar surface area (TPSA) is 60.7 Å². The molecule has 5 nitrogen and oxygen atoms in total. The summed E-state index contributed by atoms with van der Waals surface area (Å²) in [5, 5.41) is 0.344. The van der Waals surface area contributed by atoms with E-state index >= 15 is 0 Å². The van der Waals surface area contributed by atoms with Crippen molar-refractivity contribution in [1.82, 2.24) is 19.5 Å². The second kappa shape index (κ2) is 3.55. The lowest BCUT2D eigenvalue weighted by molar-refractivity contribution is 0.111. The van der Waals surface area contributed by atoms with E-state index in [1.54, 1.807) is 6.07 Å². The van der Waals surface area contributed by atoms with Gasteiger partial charge in [-0.3, -0.25) is 9.36 Å². The van der Waals surface area contributed by atoms with Crippen molar-refractivity contribution in [3.63, 3.8) is 0 Å². The normalized spacial score (nSPS) is 10.1. The van der Waals surface area contributed by atoms with Crippen molar-refractivity contribution in [2.75, 3.05) is 0 Å². The fraction of sp³-hybridized carbons (Fsp3) is 0. The van der Waals surface area contributed by atoms with Crippen LogP contribution in [0.1, 0.15) is 10.5 Å². The minimum atomic E-state index is 0.327. The van der Waals surface area contributed by atoms with E-state index in [1.165, 1.54) is 23.3 Å². The zero-order chi connectivity index (χ0) is 9.97. The van der Waals surface area contributed by atoms with Gasteiger partial charge in [0.25, 0.3) is 0 Å². The van der Waals surface area contributed by atoms with Gasteiger partial charge < -0.3 is 0 Å². The Balaban J connectivity index is 2.43. The predicted octanol–water partition coefficient (Wildman–Crippen LogP) is 1.13. The summed E-state index contributed by atoms with van der Waals surface area (Å²) in [5.74, 6) is 0.387. The minimum absolute atomic E-state index is 0.327. The Hall–Kier alpha value is -1.75. The minimum Gasteiger partial charge on any atom is -0.296 e. The van der Waals surface area contributed by atoms with Crippen molar-refractivity contribution < 1.29 is 4.79 Å². The number of aldehydes is 1. The zero-order valence-corrected chi connectivity index (χ0v) is 7.72. The van der Waals surface area contributed by atoms with E-state index < -0.39 is 0 Å². The summed E-state index contributed by atoms with van der Waals surface area (Å²) in [4.78, 5) is 22.1. The largest absolute Gasteiger partial charge is 0.296 e. The first-order valence-electron chi connectivity index (χ1n) is 3.77. The van der Waals surface area contributed by atoms with Crippen molar-refractivity contribution in [3.05, 3.63) is 35.6 Å². The number of imidazole rings is 1. The van der Waals surface area contributed by atoms with Gasteiger partial charge in [0.05, 0.1) is 0 Å². The fourth-order valence-electron chi connectivity index (χ4n) is 0.960. The number of hydrogen-bond acceptors (Lipinski definition) is 4. The van der Waals surface area contributed by atoms with Crippen LogP contribution in [0.15, 0.2) is 24.8 Å². The molecule has 0 aliphatic rings. The molecule has 2 aromatic rings. The van der Waals surface area contributed by atoms with Crippen molar-refractivity contribution in [3.8, 4) is 5.95 Å². The summed E-state index contributed by atoms with van der Waals surface area (Å²) in [5.41, 5.74) is 0.327. The van der Waals surface area contributed by atoms with Gasteiger partial charge in [0.2, 0.25) is 5.95 Å². The standard InChI is InChI=1S/C8H5ClN4O/c9-7-1-2-10-8(12-7)13-3-6(4-14)11-5-13/h1-5H. The first-order valence-corrected chi connectivity index (χ1v) is 4.15. The molecule has 0 saturated carbocycles. The molecule has 2 rings (SSSR count). The number of nitrogens with zero attached hydrogens (tertiary/aromatic N) is 4. The highest BCUT2D eigenvalue weighted by Gasteiger charge is 2.02. The highest BCUT2D eigenvalue weighted by molar-refractivity contribution is 6.29. The first-order chi connectivity index (χ1) is 6.79. The molecular formula is C8H5ClN4O. The lowest BCUT2D eigenvalue weighted by Gasteiger charge is -1.97. The average Bonchev–Trinajstić information content (AvgIpc) is 2.66. The van der Waals surface area contributed by atoms with E-state index in [1.807, 2.05) is 0 Å². The Labute approximate surface area is 84.4 Å². The number of halogens is 1. The second-order valence-corrected chi connectivity index (χ2v) is 2.89. The van der Waals surface area contributed by atoms with E-state index in [-0.39, 0.29) is 0 Å². The highest BCUT2D eigenvalue weighted by Crippen LogP contribution is 2.06. The summed E-state index contributed by atoms with van der Waals surface area (Å²) in [7, 11) is 0. The van der Waals surface area contributed by atoms with Gasteiger partial charge in [0, 0.05) is 12.4 Å². The maximum atomic E-state index is 10.4. The summed E-state index contributed by atoms with van der Waals surface area (Å²) in [6.45, 7) is 0. The molecule has 2 heterocycles. The van der Waals surface area contributed by atoms with Gasteiger partial charge >= 0.3 is 0 Å². The van der Waals surface area contributed by atoms with Crippen LogP contribution in [0.5, 0.6) is 0 Å². The molecule has 0 amide bonds. The van der Waals surface area contributed by atoms with Crippen molar-refractivity contribution in [1.29, 1.82) is 0 Å². The Morgan fingerprint density at radius 3 is 2.93 bits per heavy atom. The molecule has 0 atom stereocenters. The molecule has 0 unspecified atom stereocenters. The molecule has 0 saturated heterocycles. The van der Waals surface area contributed by atoms with Gasteiger partial charge in [-0.05, 0) is 6.07 Å². The molecule has 0 bridgehead atoms. The number of carbonyl (C=O) groups is 1. The van der Waals surface area contributed by atoms with Crippen LogP contribution < -0.4 is 0 Å². The molecule has 0 spiro atoms. The molecule has 0 radical (unpaired) electrons. The van der Waals surface area contributed by atoms with Crippen LogP contribution in [-0.4, -0.2) is 25.8 Å². The molecule has 0 aliphatic heterocycles. The molecule has 0 fully saturated rings. The van der Waals surface area contributed by atoms with Gasteiger partial charge in [-0.1, -0.05) is 11.6 Å². The number of hydrogen-bond donors (Lipinski definition) is 0. The van der Waals surface area contributed by atoms with Crippen LogP contribution in [0, 0.1) is 0 Å². The second-order valence-electron chi connectivity index (χ2n) is 2.50. The molecule has 70 valence electrons. The Morgan fingerprint density at radius 2 is 2.29 bits per heavy atom. The molecule has 0 aromatic carbocycles. The van der Waals surface area contributed by atoms with Crippen LogP contribution in [0.4, 0.5) is 0 Å². The Morgan fingerprint density at radius 1 is 1.43 bits per heavy atom. The lowest BCUT2D eigenvalue weighted by atomic mass is 10.5. The quantitative estimate of drug-likeness (QED) is 0.548. The van der Waals surface area contributed by atoms with E-state index in [2.05, 4.69) is 15.0 Å². The molecular weight excluding hydrogens is 204 g/mol. The van der Waals surface area contributed by atoms with E-state index in [9.17, 15) is 4.79 Å². The van der Waals surface area contributed by atoms with Gasteiger partial charge in [-0.2, -0.15) is 0 Å². The van der Waals surface area contributed by atoms with Crippen molar-refractivity contribution in [2.45, 2.75) is 0 Å². The van der Waals surface area contributed by atoms with E-state index in [0.717, 1.165) is 0 Å². The van der Waals surface area contributed by atoms with Crippen LogP contribution >= 0.6 is 11.6 Å². The third-order valence-corrected chi connectivity index (χ3v) is 1.77. The van der Waals surface area contributed by atoms with Gasteiger partial charge in [-0.15, -0.1) is 0 Å². The van der Waals surface area contributed by atoms with E-state index in [4.69, 9.17) is 11.6 Å². The summed E-state index contributed by atoms with van der Waals surface area (Å²) >= 11 is 5.68. The van der Waals surface area contributed by atoms with Crippen LogP contribution in [0.2, 0.25) is 5.15 Å². The lowest BCUT2D eigenvalue weighted by Crippen LogP contribution is -1.97. The van der Waals surface area contributed by atoms with Crippen molar-refractivity contribution in [2.24, 2.45) is 0 Å². The number of rotatable bonds is 2. The third kappa shape index (κ3) is 1.62. The molecule has 2 aromatic heterocycles. The average molecular weight is 209 g/mol. The maximum absolute atomic E-state index is 10.4. The molecule has 14 heavy (non-hydrogen) atoms. The van der Waals surface area contributed by atoms with Gasteiger partial charge in [-0.25, -0.2) is 15.0 Å². The molecule has 0 aliphatic carbocycles. The smallest absolute Gasteiger partial charge is 0.236 e.